The summed E-state index contributed by atoms with van der Waals surface area (Å²) in [6.07, 6.45) is 0.539. The summed E-state index contributed by atoms with van der Waals surface area (Å²) in [6.45, 7) is 1.02. The Morgan fingerprint density at radius 2 is 2.41 bits per heavy atom. The highest BCUT2D eigenvalue weighted by Crippen LogP contribution is 2.22. The Bertz CT molecular complexity index is 450. The molecule has 4 nitrogen and oxygen atoms in total. The van der Waals surface area contributed by atoms with Gasteiger partial charge in [-0.05, 0) is 12.1 Å². The lowest BCUT2D eigenvalue weighted by Gasteiger charge is -2.21. The molecule has 1 fully saturated rings. The maximum Gasteiger partial charge on any atom is 0.143 e. The van der Waals surface area contributed by atoms with Gasteiger partial charge in [-0.3, -0.25) is 0 Å². The van der Waals surface area contributed by atoms with Crippen molar-refractivity contribution >= 4 is 5.69 Å². The highest BCUT2D eigenvalue weighted by atomic mass is 19.1. The van der Waals surface area contributed by atoms with E-state index in [2.05, 4.69) is 5.32 Å². The van der Waals surface area contributed by atoms with Crippen LogP contribution in [-0.4, -0.2) is 30.5 Å². The second-order valence-corrected chi connectivity index (χ2v) is 4.15. The summed E-state index contributed by atoms with van der Waals surface area (Å²) in [5.41, 5.74) is -0.568. The van der Waals surface area contributed by atoms with E-state index in [4.69, 9.17) is 10.00 Å². The van der Waals surface area contributed by atoms with Crippen LogP contribution < -0.4 is 5.32 Å². The van der Waals surface area contributed by atoms with E-state index < -0.39 is 11.4 Å². The Labute approximate surface area is 98.6 Å². The molecular weight excluding hydrogens is 223 g/mol. The van der Waals surface area contributed by atoms with Crippen LogP contribution >= 0.6 is 0 Å². The van der Waals surface area contributed by atoms with Gasteiger partial charge in [0, 0.05) is 19.6 Å². The molecule has 1 aliphatic heterocycles. The average molecular weight is 236 g/mol. The number of benzene rings is 1. The first-order valence-electron chi connectivity index (χ1n) is 5.37. The molecule has 1 aromatic carbocycles. The Kier molecular flexibility index (Phi) is 3.27. The zero-order chi connectivity index (χ0) is 12.3. The smallest absolute Gasteiger partial charge is 0.143 e. The molecule has 2 rings (SSSR count). The molecule has 0 aliphatic carbocycles. The second kappa shape index (κ2) is 4.70. The summed E-state index contributed by atoms with van der Waals surface area (Å²) in [6, 6.07) is 6.17. The minimum absolute atomic E-state index is 0.0324. The maximum atomic E-state index is 13.3. The van der Waals surface area contributed by atoms with Crippen LogP contribution in [0, 0.1) is 17.1 Å². The van der Waals surface area contributed by atoms with Crippen molar-refractivity contribution in [3.63, 3.8) is 0 Å². The van der Waals surface area contributed by atoms with Gasteiger partial charge in [0.2, 0.25) is 0 Å². The summed E-state index contributed by atoms with van der Waals surface area (Å²) in [5.74, 6) is -0.563. The lowest BCUT2D eigenvalue weighted by Crippen LogP contribution is -2.37. The van der Waals surface area contributed by atoms with Gasteiger partial charge in [0.1, 0.15) is 23.1 Å². The van der Waals surface area contributed by atoms with Gasteiger partial charge in [-0.1, -0.05) is 6.07 Å². The number of anilines is 1. The van der Waals surface area contributed by atoms with Crippen molar-refractivity contribution < 1.29 is 14.2 Å². The number of nitrogens with zero attached hydrogens (tertiary/aromatic N) is 1. The van der Waals surface area contributed by atoms with Crippen molar-refractivity contribution in [2.75, 3.05) is 25.1 Å². The molecule has 1 unspecified atom stereocenters. The van der Waals surface area contributed by atoms with Crippen molar-refractivity contribution in [2.24, 2.45) is 0 Å². The molecular formula is C12H13FN2O2. The van der Waals surface area contributed by atoms with Crippen LogP contribution in [-0.2, 0) is 4.74 Å². The van der Waals surface area contributed by atoms with Gasteiger partial charge in [0.05, 0.1) is 12.3 Å². The third-order valence-corrected chi connectivity index (χ3v) is 2.82. The Hall–Kier alpha value is -1.64. The van der Waals surface area contributed by atoms with Crippen LogP contribution in [0.1, 0.15) is 12.0 Å². The monoisotopic (exact) mass is 236 g/mol. The van der Waals surface area contributed by atoms with Crippen LogP contribution in [0.4, 0.5) is 10.1 Å². The highest BCUT2D eigenvalue weighted by Gasteiger charge is 2.32. The molecule has 17 heavy (non-hydrogen) atoms. The Morgan fingerprint density at radius 1 is 1.59 bits per heavy atom. The number of hydrogen-bond acceptors (Lipinski definition) is 4. The van der Waals surface area contributed by atoms with Gasteiger partial charge < -0.3 is 15.2 Å². The number of hydrogen-bond donors (Lipinski definition) is 2. The molecule has 1 saturated heterocycles. The van der Waals surface area contributed by atoms with E-state index in [-0.39, 0.29) is 18.7 Å². The van der Waals surface area contributed by atoms with Gasteiger partial charge in [-0.15, -0.1) is 0 Å². The molecule has 0 bridgehead atoms. The van der Waals surface area contributed by atoms with E-state index in [1.54, 1.807) is 12.1 Å². The van der Waals surface area contributed by atoms with Gasteiger partial charge in [-0.25, -0.2) is 4.39 Å². The maximum absolute atomic E-state index is 13.3. The number of rotatable bonds is 3. The molecule has 2 N–H and O–H groups in total. The van der Waals surface area contributed by atoms with Crippen molar-refractivity contribution in [3.8, 4) is 6.07 Å². The molecule has 0 saturated carbocycles. The van der Waals surface area contributed by atoms with Crippen molar-refractivity contribution in [3.05, 3.63) is 29.6 Å². The predicted octanol–water partition coefficient (Wildman–Crippen LogP) is 1.26. The van der Waals surface area contributed by atoms with E-state index in [0.717, 1.165) is 0 Å². The molecule has 0 aromatic heterocycles. The molecule has 1 aromatic rings. The second-order valence-electron chi connectivity index (χ2n) is 4.15. The summed E-state index contributed by atoms with van der Waals surface area (Å²) in [4.78, 5) is 0. The Balaban J connectivity index is 2.09. The van der Waals surface area contributed by atoms with Crippen LogP contribution in [0.15, 0.2) is 18.2 Å². The van der Waals surface area contributed by atoms with Crippen molar-refractivity contribution in [1.29, 1.82) is 5.26 Å². The fourth-order valence-corrected chi connectivity index (χ4v) is 1.78. The van der Waals surface area contributed by atoms with Gasteiger partial charge in [0.15, 0.2) is 0 Å². The minimum atomic E-state index is -0.932. The standard InChI is InChI=1S/C12H13FN2O2/c13-10-2-1-3-11(9(10)6-14)15-7-12(16)4-5-17-8-12/h1-3,15-16H,4-5,7-8H2. The zero-order valence-corrected chi connectivity index (χ0v) is 9.24. The zero-order valence-electron chi connectivity index (χ0n) is 9.24. The number of ether oxygens (including phenoxy) is 1. The molecule has 0 radical (unpaired) electrons. The first-order chi connectivity index (χ1) is 8.14. The van der Waals surface area contributed by atoms with Gasteiger partial charge in [0.25, 0.3) is 0 Å². The van der Waals surface area contributed by atoms with E-state index in [0.29, 0.717) is 18.7 Å². The van der Waals surface area contributed by atoms with E-state index >= 15 is 0 Å². The summed E-state index contributed by atoms with van der Waals surface area (Å²) < 4.78 is 18.4. The lowest BCUT2D eigenvalue weighted by molar-refractivity contribution is 0.0382. The first-order valence-corrected chi connectivity index (χ1v) is 5.37. The van der Waals surface area contributed by atoms with E-state index in [1.165, 1.54) is 12.1 Å². The summed E-state index contributed by atoms with van der Waals surface area (Å²) in [5, 5.41) is 21.8. The fraction of sp³-hybridized carbons (Fsp3) is 0.417. The van der Waals surface area contributed by atoms with Crippen LogP contribution in [0.3, 0.4) is 0 Å². The SMILES string of the molecule is N#Cc1c(F)cccc1NCC1(O)CCOC1. The van der Waals surface area contributed by atoms with Crippen molar-refractivity contribution in [1.82, 2.24) is 0 Å². The predicted molar refractivity (Wildman–Crippen MR) is 60.0 cm³/mol. The number of nitrogens with one attached hydrogen (secondary N) is 1. The quantitative estimate of drug-likeness (QED) is 0.829. The first kappa shape index (κ1) is 11.8. The third-order valence-electron chi connectivity index (χ3n) is 2.82. The van der Waals surface area contributed by atoms with Gasteiger partial charge >= 0.3 is 0 Å². The number of nitriles is 1. The topological polar surface area (TPSA) is 65.3 Å². The summed E-state index contributed by atoms with van der Waals surface area (Å²) in [7, 11) is 0. The van der Waals surface area contributed by atoms with Crippen molar-refractivity contribution in [2.45, 2.75) is 12.0 Å². The molecule has 0 amide bonds. The summed E-state index contributed by atoms with van der Waals surface area (Å²) >= 11 is 0. The van der Waals surface area contributed by atoms with Crippen LogP contribution in [0.5, 0.6) is 0 Å². The molecule has 1 atom stereocenters. The van der Waals surface area contributed by atoms with Crippen LogP contribution in [0.25, 0.3) is 0 Å². The van der Waals surface area contributed by atoms with Crippen LogP contribution in [0.2, 0.25) is 0 Å². The average Bonchev–Trinajstić information content (AvgIpc) is 2.74. The molecule has 1 heterocycles. The minimum Gasteiger partial charge on any atom is -0.386 e. The lowest BCUT2D eigenvalue weighted by atomic mass is 10.0. The molecule has 0 spiro atoms. The third kappa shape index (κ3) is 2.54. The van der Waals surface area contributed by atoms with E-state index in [9.17, 15) is 9.50 Å². The molecule has 1 aliphatic rings. The van der Waals surface area contributed by atoms with Gasteiger partial charge in [-0.2, -0.15) is 5.26 Å². The highest BCUT2D eigenvalue weighted by molar-refractivity contribution is 5.58. The Morgan fingerprint density at radius 3 is 3.06 bits per heavy atom. The molecule has 90 valence electrons. The van der Waals surface area contributed by atoms with E-state index in [1.807, 2.05) is 0 Å². The number of aliphatic hydroxyl groups is 1. The largest absolute Gasteiger partial charge is 0.386 e. The normalized spacial score (nSPS) is 23.4. The fourth-order valence-electron chi connectivity index (χ4n) is 1.78. The number of halogens is 1. The molecule has 5 heteroatoms.